The van der Waals surface area contributed by atoms with Crippen LogP contribution in [-0.2, 0) is 6.42 Å². The Morgan fingerprint density at radius 1 is 1.06 bits per heavy atom. The number of aromatic nitrogens is 1. The predicted octanol–water partition coefficient (Wildman–Crippen LogP) is 3.58. The summed E-state index contributed by atoms with van der Waals surface area (Å²) in [7, 11) is 0. The van der Waals surface area contributed by atoms with Crippen LogP contribution in [0.2, 0.25) is 0 Å². The van der Waals surface area contributed by atoms with Gasteiger partial charge in [-0.25, -0.2) is 0 Å². The van der Waals surface area contributed by atoms with Crippen molar-refractivity contribution in [3.8, 4) is 12.3 Å². The minimum absolute atomic E-state index is 0.869. The number of aryl methyl sites for hydroxylation is 1. The quantitative estimate of drug-likeness (QED) is 0.554. The molecule has 0 unspecified atom stereocenters. The maximum atomic E-state index is 5.22. The summed E-state index contributed by atoms with van der Waals surface area (Å²) < 4.78 is 0. The van der Waals surface area contributed by atoms with Gasteiger partial charge in [0, 0.05) is 17.5 Å². The zero-order chi connectivity index (χ0) is 11.2. The van der Waals surface area contributed by atoms with Gasteiger partial charge in [-0.1, -0.05) is 24.3 Å². The van der Waals surface area contributed by atoms with E-state index in [-0.39, 0.29) is 0 Å². The van der Waals surface area contributed by atoms with Gasteiger partial charge in [0.2, 0.25) is 0 Å². The van der Waals surface area contributed by atoms with Crippen molar-refractivity contribution in [2.75, 3.05) is 0 Å². The van der Waals surface area contributed by atoms with E-state index in [0.717, 1.165) is 36.9 Å². The van der Waals surface area contributed by atoms with Gasteiger partial charge < -0.3 is 0 Å². The molecule has 1 nitrogen and oxygen atoms in total. The third-order valence-corrected chi connectivity index (χ3v) is 2.66. The van der Waals surface area contributed by atoms with Crippen LogP contribution < -0.4 is 0 Å². The van der Waals surface area contributed by atoms with Crippen LogP contribution in [0.25, 0.3) is 10.9 Å². The molecule has 80 valence electrons. The normalized spacial score (nSPS) is 10.2. The second kappa shape index (κ2) is 5.32. The molecule has 1 heterocycles. The van der Waals surface area contributed by atoms with Crippen LogP contribution in [0.1, 0.15) is 25.0 Å². The number of nitrogens with zero attached hydrogens (tertiary/aromatic N) is 1. The zero-order valence-corrected chi connectivity index (χ0v) is 9.32. The molecule has 0 bridgehead atoms. The summed E-state index contributed by atoms with van der Waals surface area (Å²) in [5.74, 6) is 2.66. The van der Waals surface area contributed by atoms with Crippen LogP contribution >= 0.6 is 0 Å². The van der Waals surface area contributed by atoms with Crippen molar-refractivity contribution in [1.82, 2.24) is 4.98 Å². The van der Waals surface area contributed by atoms with Crippen LogP contribution in [0.5, 0.6) is 0 Å². The molecule has 0 radical (unpaired) electrons. The Morgan fingerprint density at radius 2 is 1.94 bits per heavy atom. The average molecular weight is 209 g/mol. The summed E-state index contributed by atoms with van der Waals surface area (Å²) in [6, 6.07) is 12.5. The van der Waals surface area contributed by atoms with Crippen LogP contribution in [0.15, 0.2) is 36.4 Å². The molecule has 0 aliphatic heterocycles. The van der Waals surface area contributed by atoms with E-state index in [1.165, 1.54) is 5.39 Å². The summed E-state index contributed by atoms with van der Waals surface area (Å²) in [4.78, 5) is 4.62. The van der Waals surface area contributed by atoms with E-state index in [1.54, 1.807) is 0 Å². The van der Waals surface area contributed by atoms with Gasteiger partial charge >= 0.3 is 0 Å². The summed E-state index contributed by atoms with van der Waals surface area (Å²) >= 11 is 0. The average Bonchev–Trinajstić information content (AvgIpc) is 2.34. The van der Waals surface area contributed by atoms with Crippen LogP contribution in [-0.4, -0.2) is 4.98 Å². The van der Waals surface area contributed by atoms with Gasteiger partial charge in [0.15, 0.2) is 0 Å². The van der Waals surface area contributed by atoms with Crippen LogP contribution in [0, 0.1) is 12.3 Å². The van der Waals surface area contributed by atoms with E-state index in [0.29, 0.717) is 0 Å². The molecule has 0 amide bonds. The standard InChI is InChI=1S/C15H15N/c1-2-3-4-5-9-14-12-11-13-8-6-7-10-15(13)16-14/h1,6-8,10-12H,3-5,9H2. The smallest absolute Gasteiger partial charge is 0.0705 e. The lowest BCUT2D eigenvalue weighted by atomic mass is 10.1. The Bertz CT molecular complexity index is 508. The molecule has 0 aliphatic rings. The van der Waals surface area contributed by atoms with E-state index in [1.807, 2.05) is 12.1 Å². The second-order valence-corrected chi connectivity index (χ2v) is 3.91. The summed E-state index contributed by atoms with van der Waals surface area (Å²) in [6.07, 6.45) is 9.31. The number of fused-ring (bicyclic) bond motifs is 1. The fourth-order valence-electron chi connectivity index (χ4n) is 1.78. The molecule has 0 fully saturated rings. The van der Waals surface area contributed by atoms with Gasteiger partial charge in [-0.3, -0.25) is 4.98 Å². The summed E-state index contributed by atoms with van der Waals surface area (Å²) in [5, 5.41) is 1.20. The first-order chi connectivity index (χ1) is 7.90. The Balaban J connectivity index is 2.05. The Labute approximate surface area is 96.5 Å². The van der Waals surface area contributed by atoms with Crippen molar-refractivity contribution in [2.45, 2.75) is 25.7 Å². The molecule has 0 N–H and O–H groups in total. The highest BCUT2D eigenvalue weighted by Gasteiger charge is 1.97. The monoisotopic (exact) mass is 209 g/mol. The number of hydrogen-bond acceptors (Lipinski definition) is 1. The highest BCUT2D eigenvalue weighted by atomic mass is 14.7. The first-order valence-electron chi connectivity index (χ1n) is 5.68. The van der Waals surface area contributed by atoms with E-state index in [9.17, 15) is 0 Å². The number of hydrogen-bond donors (Lipinski definition) is 0. The third-order valence-electron chi connectivity index (χ3n) is 2.66. The van der Waals surface area contributed by atoms with Crippen molar-refractivity contribution in [2.24, 2.45) is 0 Å². The highest BCUT2D eigenvalue weighted by Crippen LogP contribution is 2.13. The van der Waals surface area contributed by atoms with E-state index >= 15 is 0 Å². The molecule has 0 saturated carbocycles. The highest BCUT2D eigenvalue weighted by molar-refractivity contribution is 5.78. The minimum Gasteiger partial charge on any atom is -0.253 e. The molecular formula is C15H15N. The molecule has 0 saturated heterocycles. The van der Waals surface area contributed by atoms with E-state index in [4.69, 9.17) is 6.42 Å². The first-order valence-corrected chi connectivity index (χ1v) is 5.68. The molecule has 0 spiro atoms. The number of rotatable bonds is 4. The first kappa shape index (κ1) is 10.7. The van der Waals surface area contributed by atoms with Gasteiger partial charge in [-0.15, -0.1) is 12.3 Å². The fourth-order valence-corrected chi connectivity index (χ4v) is 1.78. The van der Waals surface area contributed by atoms with Gasteiger partial charge in [-0.05, 0) is 31.4 Å². The van der Waals surface area contributed by atoms with Gasteiger partial charge in [-0.2, -0.15) is 0 Å². The van der Waals surface area contributed by atoms with E-state index in [2.05, 4.69) is 35.2 Å². The van der Waals surface area contributed by atoms with Crippen molar-refractivity contribution >= 4 is 10.9 Å². The topological polar surface area (TPSA) is 12.9 Å². The predicted molar refractivity (Wildman–Crippen MR) is 68.1 cm³/mol. The minimum atomic E-state index is 0.869. The van der Waals surface area contributed by atoms with Gasteiger partial charge in [0.25, 0.3) is 0 Å². The van der Waals surface area contributed by atoms with Crippen LogP contribution in [0.4, 0.5) is 0 Å². The van der Waals surface area contributed by atoms with E-state index < -0.39 is 0 Å². The number of para-hydroxylation sites is 1. The molecule has 0 atom stereocenters. The Morgan fingerprint density at radius 3 is 2.81 bits per heavy atom. The molecule has 16 heavy (non-hydrogen) atoms. The molecular weight excluding hydrogens is 194 g/mol. The number of benzene rings is 1. The SMILES string of the molecule is C#CCCCCc1ccc2ccccc2n1. The lowest BCUT2D eigenvalue weighted by Crippen LogP contribution is -1.90. The summed E-state index contributed by atoms with van der Waals surface area (Å²) in [6.45, 7) is 0. The second-order valence-electron chi connectivity index (χ2n) is 3.91. The lowest BCUT2D eigenvalue weighted by molar-refractivity contribution is 0.745. The number of unbranched alkanes of at least 4 members (excludes halogenated alkanes) is 2. The van der Waals surface area contributed by atoms with Crippen molar-refractivity contribution < 1.29 is 0 Å². The molecule has 1 aromatic heterocycles. The maximum absolute atomic E-state index is 5.22. The molecule has 2 aromatic rings. The third kappa shape index (κ3) is 2.61. The van der Waals surface area contributed by atoms with Gasteiger partial charge in [0.05, 0.1) is 5.52 Å². The largest absolute Gasteiger partial charge is 0.253 e. The molecule has 2 rings (SSSR count). The number of terminal acetylenes is 1. The van der Waals surface area contributed by atoms with Crippen LogP contribution in [0.3, 0.4) is 0 Å². The summed E-state index contributed by atoms with van der Waals surface area (Å²) in [5.41, 5.74) is 2.24. The van der Waals surface area contributed by atoms with Crippen molar-refractivity contribution in [3.05, 3.63) is 42.1 Å². The van der Waals surface area contributed by atoms with Crippen molar-refractivity contribution in [1.29, 1.82) is 0 Å². The van der Waals surface area contributed by atoms with Gasteiger partial charge in [0.1, 0.15) is 0 Å². The number of pyridine rings is 1. The van der Waals surface area contributed by atoms with Crippen molar-refractivity contribution in [3.63, 3.8) is 0 Å². The molecule has 1 heteroatoms. The molecule has 0 aliphatic carbocycles. The lowest BCUT2D eigenvalue weighted by Gasteiger charge is -2.02. The Kier molecular flexibility index (Phi) is 3.56. The maximum Gasteiger partial charge on any atom is 0.0705 e. The zero-order valence-electron chi connectivity index (χ0n) is 9.32. The molecule has 1 aromatic carbocycles. The Hall–Kier alpha value is -1.81. The fraction of sp³-hybridized carbons (Fsp3) is 0.267.